The van der Waals surface area contributed by atoms with Gasteiger partial charge < -0.3 is 14.6 Å². The summed E-state index contributed by atoms with van der Waals surface area (Å²) < 4.78 is 28.6. The van der Waals surface area contributed by atoms with Gasteiger partial charge in [0.2, 0.25) is 5.85 Å². The second-order valence-corrected chi connectivity index (χ2v) is 9.57. The van der Waals surface area contributed by atoms with Gasteiger partial charge in [0.1, 0.15) is 5.82 Å². The van der Waals surface area contributed by atoms with Gasteiger partial charge in [0, 0.05) is 40.0 Å². The maximum atomic E-state index is 14.3. The van der Waals surface area contributed by atoms with Crippen LogP contribution in [0.2, 0.25) is 0 Å². The highest BCUT2D eigenvalue weighted by Crippen LogP contribution is 2.34. The van der Waals surface area contributed by atoms with E-state index in [1.54, 1.807) is 31.3 Å². The number of hydrogen-bond acceptors (Lipinski definition) is 6. The molecule has 1 aliphatic heterocycles. The number of benzene rings is 2. The van der Waals surface area contributed by atoms with Gasteiger partial charge in [-0.25, -0.2) is 4.79 Å². The second kappa shape index (κ2) is 11.1. The van der Waals surface area contributed by atoms with Crippen LogP contribution in [0.4, 0.5) is 10.2 Å². The first-order valence-electron chi connectivity index (χ1n) is 12.4. The van der Waals surface area contributed by atoms with E-state index in [2.05, 4.69) is 0 Å². The Kier molecular flexibility index (Phi) is 7.92. The highest BCUT2D eigenvalue weighted by atomic mass is 19.2. The van der Waals surface area contributed by atoms with Crippen LogP contribution in [0.5, 0.6) is 11.5 Å². The Morgan fingerprint density at radius 2 is 1.76 bits per heavy atom. The first kappa shape index (κ1) is 26.3. The summed E-state index contributed by atoms with van der Waals surface area (Å²) in [5, 5.41) is 9.21. The van der Waals surface area contributed by atoms with Crippen molar-refractivity contribution in [2.24, 2.45) is 18.0 Å². The minimum atomic E-state index is -1.93. The van der Waals surface area contributed by atoms with Crippen molar-refractivity contribution in [3.8, 4) is 11.5 Å². The average molecular weight is 510 g/mol. The number of aliphatic hydroxyl groups is 1. The third kappa shape index (κ3) is 6.17. The fourth-order valence-corrected chi connectivity index (χ4v) is 4.43. The summed E-state index contributed by atoms with van der Waals surface area (Å²) in [5.41, 5.74) is 0.576. The van der Waals surface area contributed by atoms with Gasteiger partial charge in [0.05, 0.1) is 5.56 Å². The zero-order valence-corrected chi connectivity index (χ0v) is 21.3. The number of para-hydroxylation sites is 2. The molecular formula is C28H32FN3O5. The van der Waals surface area contributed by atoms with Gasteiger partial charge >= 0.3 is 5.69 Å². The predicted octanol–water partition coefficient (Wildman–Crippen LogP) is 3.93. The number of aliphatic hydroxyl groups excluding tert-OH is 1. The summed E-state index contributed by atoms with van der Waals surface area (Å²) in [4.78, 5) is 31.0. The number of halogens is 1. The van der Waals surface area contributed by atoms with Crippen molar-refractivity contribution in [1.29, 1.82) is 0 Å². The van der Waals surface area contributed by atoms with E-state index >= 15 is 0 Å². The quantitative estimate of drug-likeness (QED) is 0.497. The van der Waals surface area contributed by atoms with Crippen LogP contribution in [0.3, 0.4) is 0 Å². The van der Waals surface area contributed by atoms with Gasteiger partial charge in [-0.15, -0.1) is 0 Å². The molecule has 0 saturated heterocycles. The summed E-state index contributed by atoms with van der Waals surface area (Å²) in [6, 6.07) is 16.6. The van der Waals surface area contributed by atoms with Gasteiger partial charge in [0.25, 0.3) is 5.56 Å². The van der Waals surface area contributed by atoms with E-state index in [1.807, 2.05) is 30.3 Å². The molecule has 8 nitrogen and oxygen atoms in total. The van der Waals surface area contributed by atoms with Crippen LogP contribution >= 0.6 is 0 Å². The lowest BCUT2D eigenvalue weighted by Gasteiger charge is -2.22. The molecule has 4 rings (SSSR count). The Bertz CT molecular complexity index is 1390. The van der Waals surface area contributed by atoms with Gasteiger partial charge in [-0.2, -0.15) is 9.38 Å². The van der Waals surface area contributed by atoms with Crippen LogP contribution in [-0.4, -0.2) is 32.6 Å². The van der Waals surface area contributed by atoms with Crippen LogP contribution in [0, 0.1) is 5.92 Å². The van der Waals surface area contributed by atoms with Crippen LogP contribution in [-0.2, 0) is 26.4 Å². The fourth-order valence-electron chi connectivity index (χ4n) is 4.43. The average Bonchev–Trinajstić information content (AvgIpc) is 3.03. The Morgan fingerprint density at radius 3 is 2.43 bits per heavy atom. The molecule has 37 heavy (non-hydrogen) atoms. The van der Waals surface area contributed by atoms with Crippen molar-refractivity contribution in [3.63, 3.8) is 0 Å². The number of rotatable bonds is 8. The molecule has 1 atom stereocenters. The second-order valence-electron chi connectivity index (χ2n) is 9.57. The molecule has 3 aromatic rings. The molecule has 0 bridgehead atoms. The molecule has 196 valence electrons. The van der Waals surface area contributed by atoms with Gasteiger partial charge in [-0.3, -0.25) is 13.9 Å². The van der Waals surface area contributed by atoms with Crippen molar-refractivity contribution >= 4 is 11.7 Å². The fraction of sp³-hybridized carbons (Fsp3) is 0.393. The Hall–Kier alpha value is -3.72. The van der Waals surface area contributed by atoms with E-state index in [0.29, 0.717) is 37.1 Å². The Morgan fingerprint density at radius 1 is 1.08 bits per heavy atom. The summed E-state index contributed by atoms with van der Waals surface area (Å²) >= 11 is 0. The third-order valence-electron chi connectivity index (χ3n) is 6.20. The molecule has 1 N–H and O–H groups in total. The summed E-state index contributed by atoms with van der Waals surface area (Å²) in [6.45, 7) is 2.61. The van der Waals surface area contributed by atoms with Crippen molar-refractivity contribution in [1.82, 2.24) is 9.13 Å². The van der Waals surface area contributed by atoms with E-state index < -0.39 is 17.1 Å². The lowest BCUT2D eigenvalue weighted by Crippen LogP contribution is -2.41. The highest BCUT2D eigenvalue weighted by Gasteiger charge is 2.29. The lowest BCUT2D eigenvalue weighted by atomic mass is 9.93. The normalized spacial score (nSPS) is 15.5. The maximum absolute atomic E-state index is 14.3. The predicted molar refractivity (Wildman–Crippen MR) is 140 cm³/mol. The molecule has 2 heterocycles. The zero-order valence-electron chi connectivity index (χ0n) is 21.3. The number of ether oxygens (including phenoxy) is 2. The van der Waals surface area contributed by atoms with Crippen molar-refractivity contribution in [3.05, 3.63) is 86.6 Å². The number of aliphatic imine (C=N–C) groups is 1. The molecule has 0 saturated carbocycles. The third-order valence-corrected chi connectivity index (χ3v) is 6.20. The lowest BCUT2D eigenvalue weighted by molar-refractivity contribution is -0.0270. The number of fused-ring (bicyclic) bond motifs is 1. The molecule has 1 aliphatic rings. The largest absolute Gasteiger partial charge is 0.455 e. The molecule has 2 aromatic carbocycles. The Labute approximate surface area is 214 Å². The SMILES string of the molecule is Cn1c2c(c(=O)n(CCCO)c1=O)CCC(Cc1ccccc1)C(Oc1ccccc1OC(C)(C)F)=N2. The van der Waals surface area contributed by atoms with E-state index in [0.717, 1.165) is 10.1 Å². The van der Waals surface area contributed by atoms with Gasteiger partial charge in [0.15, 0.2) is 17.4 Å². The standard InChI is InChI=1S/C28H32FN3O5/c1-28(2,29)37-23-13-8-7-12-22(23)36-25-20(18-19-10-5-4-6-11-19)14-15-21-24(30-25)31(3)27(35)32(26(21)34)16-9-17-33/h4-8,10-13,20,33H,9,14-18H2,1-3H3. The minimum absolute atomic E-state index is 0.125. The monoisotopic (exact) mass is 509 g/mol. The highest BCUT2D eigenvalue weighted by molar-refractivity contribution is 5.85. The molecule has 0 fully saturated rings. The summed E-state index contributed by atoms with van der Waals surface area (Å²) in [7, 11) is 1.57. The van der Waals surface area contributed by atoms with Gasteiger partial charge in [-0.1, -0.05) is 42.5 Å². The van der Waals surface area contributed by atoms with E-state index in [1.165, 1.54) is 18.4 Å². The molecule has 0 spiro atoms. The molecule has 9 heteroatoms. The van der Waals surface area contributed by atoms with Crippen LogP contribution in [0.25, 0.3) is 0 Å². The van der Waals surface area contributed by atoms with Crippen LogP contribution in [0.15, 0.2) is 69.2 Å². The Balaban J connectivity index is 1.81. The molecular weight excluding hydrogens is 477 g/mol. The number of nitrogens with zero attached hydrogens (tertiary/aromatic N) is 3. The van der Waals surface area contributed by atoms with Crippen molar-refractivity contribution in [2.75, 3.05) is 6.61 Å². The number of hydrogen-bond donors (Lipinski definition) is 1. The van der Waals surface area contributed by atoms with E-state index in [-0.39, 0.29) is 36.4 Å². The smallest absolute Gasteiger partial charge is 0.332 e. The maximum Gasteiger partial charge on any atom is 0.332 e. The van der Waals surface area contributed by atoms with Crippen LogP contribution in [0.1, 0.15) is 37.8 Å². The first-order valence-corrected chi connectivity index (χ1v) is 12.4. The van der Waals surface area contributed by atoms with Crippen molar-refractivity contribution in [2.45, 2.75) is 51.9 Å². The van der Waals surface area contributed by atoms with E-state index in [4.69, 9.17) is 14.5 Å². The molecule has 0 aliphatic carbocycles. The topological polar surface area (TPSA) is 95.0 Å². The molecule has 1 aromatic heterocycles. The molecule has 0 radical (unpaired) electrons. The first-order chi connectivity index (χ1) is 17.7. The summed E-state index contributed by atoms with van der Waals surface area (Å²) in [5.74, 6) is -1.09. The molecule has 0 amide bonds. The minimum Gasteiger partial charge on any atom is -0.455 e. The van der Waals surface area contributed by atoms with Crippen LogP contribution < -0.4 is 20.7 Å². The van der Waals surface area contributed by atoms with E-state index in [9.17, 15) is 19.1 Å². The van der Waals surface area contributed by atoms with Gasteiger partial charge in [-0.05, 0) is 43.4 Å². The zero-order chi connectivity index (χ0) is 26.6. The number of alkyl halides is 1. The summed E-state index contributed by atoms with van der Waals surface area (Å²) in [6.07, 6.45) is 1.83. The molecule has 1 unspecified atom stereocenters. The van der Waals surface area contributed by atoms with Crippen molar-refractivity contribution < 1.29 is 19.0 Å². The number of aromatic nitrogens is 2.